The number of halogens is 2. The number of carbonyl (C=O) groups is 1. The fourth-order valence-corrected chi connectivity index (χ4v) is 2.60. The molecule has 0 saturated carbocycles. The molecule has 144 valence electrons. The summed E-state index contributed by atoms with van der Waals surface area (Å²) in [6.45, 7) is 0.608. The van der Waals surface area contributed by atoms with Gasteiger partial charge in [-0.1, -0.05) is 36.4 Å². The summed E-state index contributed by atoms with van der Waals surface area (Å²) in [7, 11) is 1.54. The van der Waals surface area contributed by atoms with Crippen LogP contribution < -0.4 is 14.8 Å². The van der Waals surface area contributed by atoms with E-state index in [1.54, 1.807) is 18.2 Å². The lowest BCUT2D eigenvalue weighted by Crippen LogP contribution is -2.23. The van der Waals surface area contributed by atoms with E-state index in [4.69, 9.17) is 9.47 Å². The van der Waals surface area contributed by atoms with Crippen molar-refractivity contribution < 1.29 is 23.0 Å². The first-order valence-corrected chi connectivity index (χ1v) is 8.63. The Morgan fingerprint density at radius 1 is 0.893 bits per heavy atom. The Morgan fingerprint density at radius 3 is 2.39 bits per heavy atom. The molecular formula is C22H19F2NO3. The Kier molecular flexibility index (Phi) is 6.22. The van der Waals surface area contributed by atoms with E-state index in [1.807, 2.05) is 30.3 Å². The minimum atomic E-state index is -1.06. The Bertz CT molecular complexity index is 961. The second-order valence-corrected chi connectivity index (χ2v) is 6.07. The molecule has 0 radical (unpaired) electrons. The molecule has 1 amide bonds. The Balaban J connectivity index is 1.63. The molecule has 3 aromatic carbocycles. The minimum absolute atomic E-state index is 0.0497. The summed E-state index contributed by atoms with van der Waals surface area (Å²) in [4.78, 5) is 12.1. The molecule has 0 heterocycles. The normalized spacial score (nSPS) is 10.4. The molecule has 0 bridgehead atoms. The standard InChI is InChI=1S/C22H19F2NO3/c1-27-21-11-16(7-10-20(21)28-14-15-5-3-2-4-6-15)13-25-22(26)17-8-9-18(23)19(24)12-17/h2-12H,13-14H2,1H3,(H,25,26). The molecule has 6 heteroatoms. The van der Waals surface area contributed by atoms with E-state index in [-0.39, 0.29) is 12.1 Å². The Hall–Kier alpha value is -3.41. The zero-order chi connectivity index (χ0) is 19.9. The van der Waals surface area contributed by atoms with Gasteiger partial charge in [-0.25, -0.2) is 8.78 Å². The zero-order valence-corrected chi connectivity index (χ0v) is 15.2. The lowest BCUT2D eigenvalue weighted by Gasteiger charge is -2.13. The van der Waals surface area contributed by atoms with Gasteiger partial charge >= 0.3 is 0 Å². The number of hydrogen-bond donors (Lipinski definition) is 1. The van der Waals surface area contributed by atoms with Crippen LogP contribution in [-0.2, 0) is 13.2 Å². The van der Waals surface area contributed by atoms with Crippen molar-refractivity contribution in [1.29, 1.82) is 0 Å². The van der Waals surface area contributed by atoms with E-state index in [1.165, 1.54) is 13.2 Å². The molecule has 1 N–H and O–H groups in total. The summed E-state index contributed by atoms with van der Waals surface area (Å²) < 4.78 is 37.4. The summed E-state index contributed by atoms with van der Waals surface area (Å²) in [5.74, 6) is -1.43. The number of hydrogen-bond acceptors (Lipinski definition) is 3. The van der Waals surface area contributed by atoms with Gasteiger partial charge < -0.3 is 14.8 Å². The predicted molar refractivity (Wildman–Crippen MR) is 101 cm³/mol. The van der Waals surface area contributed by atoms with Crippen molar-refractivity contribution in [2.24, 2.45) is 0 Å². The molecule has 4 nitrogen and oxygen atoms in total. The maximum Gasteiger partial charge on any atom is 0.251 e. The molecule has 3 rings (SSSR count). The van der Waals surface area contributed by atoms with E-state index in [9.17, 15) is 13.6 Å². The lowest BCUT2D eigenvalue weighted by molar-refractivity contribution is 0.0950. The van der Waals surface area contributed by atoms with Crippen LogP contribution in [0.5, 0.6) is 11.5 Å². The van der Waals surface area contributed by atoms with Crippen molar-refractivity contribution in [2.75, 3.05) is 7.11 Å². The van der Waals surface area contributed by atoms with Gasteiger partial charge in [-0.2, -0.15) is 0 Å². The molecule has 0 unspecified atom stereocenters. The topological polar surface area (TPSA) is 47.6 Å². The van der Waals surface area contributed by atoms with E-state index in [2.05, 4.69) is 5.32 Å². The van der Waals surface area contributed by atoms with Gasteiger partial charge in [-0.15, -0.1) is 0 Å². The molecule has 0 fully saturated rings. The van der Waals surface area contributed by atoms with Crippen molar-refractivity contribution >= 4 is 5.91 Å². The van der Waals surface area contributed by atoms with Gasteiger partial charge in [0.1, 0.15) is 6.61 Å². The largest absolute Gasteiger partial charge is 0.493 e. The third-order valence-electron chi connectivity index (χ3n) is 4.10. The second kappa shape index (κ2) is 8.99. The summed E-state index contributed by atoms with van der Waals surface area (Å²) in [6.07, 6.45) is 0. The number of nitrogens with one attached hydrogen (secondary N) is 1. The lowest BCUT2D eigenvalue weighted by atomic mass is 10.1. The van der Waals surface area contributed by atoms with Crippen LogP contribution in [0.25, 0.3) is 0 Å². The van der Waals surface area contributed by atoms with Gasteiger partial charge in [0.25, 0.3) is 5.91 Å². The first-order valence-electron chi connectivity index (χ1n) is 8.63. The van der Waals surface area contributed by atoms with Crippen LogP contribution in [-0.4, -0.2) is 13.0 Å². The van der Waals surface area contributed by atoms with Gasteiger partial charge in [-0.3, -0.25) is 4.79 Å². The number of amides is 1. The third kappa shape index (κ3) is 4.85. The fraction of sp³-hybridized carbons (Fsp3) is 0.136. The maximum absolute atomic E-state index is 13.3. The van der Waals surface area contributed by atoms with Crippen LogP contribution in [0, 0.1) is 11.6 Å². The zero-order valence-electron chi connectivity index (χ0n) is 15.2. The number of carbonyl (C=O) groups excluding carboxylic acids is 1. The Morgan fingerprint density at radius 2 is 1.68 bits per heavy atom. The molecule has 0 aromatic heterocycles. The van der Waals surface area contributed by atoms with E-state index in [0.29, 0.717) is 18.1 Å². The molecule has 0 aliphatic carbocycles. The van der Waals surface area contributed by atoms with Gasteiger partial charge in [0.05, 0.1) is 7.11 Å². The minimum Gasteiger partial charge on any atom is -0.493 e. The van der Waals surface area contributed by atoms with Gasteiger partial charge in [0.15, 0.2) is 23.1 Å². The summed E-state index contributed by atoms with van der Waals surface area (Å²) in [6, 6.07) is 18.1. The molecule has 0 aliphatic rings. The maximum atomic E-state index is 13.3. The number of rotatable bonds is 7. The highest BCUT2D eigenvalue weighted by atomic mass is 19.2. The molecule has 28 heavy (non-hydrogen) atoms. The highest BCUT2D eigenvalue weighted by Crippen LogP contribution is 2.29. The smallest absolute Gasteiger partial charge is 0.251 e. The van der Waals surface area contributed by atoms with Crippen molar-refractivity contribution in [2.45, 2.75) is 13.2 Å². The van der Waals surface area contributed by atoms with Crippen molar-refractivity contribution in [3.05, 3.63) is 95.1 Å². The van der Waals surface area contributed by atoms with E-state index < -0.39 is 17.5 Å². The summed E-state index contributed by atoms with van der Waals surface area (Å²) >= 11 is 0. The average molecular weight is 383 g/mol. The molecule has 0 atom stereocenters. The molecule has 0 spiro atoms. The molecule has 3 aromatic rings. The fourth-order valence-electron chi connectivity index (χ4n) is 2.60. The molecular weight excluding hydrogens is 364 g/mol. The van der Waals surface area contributed by atoms with Crippen LogP contribution in [0.1, 0.15) is 21.5 Å². The highest BCUT2D eigenvalue weighted by Gasteiger charge is 2.11. The molecule has 0 aliphatic heterocycles. The number of benzene rings is 3. The van der Waals surface area contributed by atoms with Crippen molar-refractivity contribution in [1.82, 2.24) is 5.32 Å². The highest BCUT2D eigenvalue weighted by molar-refractivity contribution is 5.94. The van der Waals surface area contributed by atoms with Crippen LogP contribution in [0.3, 0.4) is 0 Å². The predicted octanol–water partition coefficient (Wildman–Crippen LogP) is 4.48. The third-order valence-corrected chi connectivity index (χ3v) is 4.10. The second-order valence-electron chi connectivity index (χ2n) is 6.07. The SMILES string of the molecule is COc1cc(CNC(=O)c2ccc(F)c(F)c2)ccc1OCc1ccccc1. The number of ether oxygens (including phenoxy) is 2. The van der Waals surface area contributed by atoms with Crippen LogP contribution >= 0.6 is 0 Å². The quantitative estimate of drug-likeness (QED) is 0.654. The van der Waals surface area contributed by atoms with Crippen LogP contribution in [0.2, 0.25) is 0 Å². The Labute approximate surface area is 161 Å². The van der Waals surface area contributed by atoms with Gasteiger partial charge in [0.2, 0.25) is 0 Å². The molecule has 0 saturated heterocycles. The van der Waals surface area contributed by atoms with Gasteiger partial charge in [0, 0.05) is 12.1 Å². The van der Waals surface area contributed by atoms with E-state index >= 15 is 0 Å². The first kappa shape index (κ1) is 19.4. The average Bonchev–Trinajstić information content (AvgIpc) is 2.73. The van der Waals surface area contributed by atoms with E-state index in [0.717, 1.165) is 23.3 Å². The van der Waals surface area contributed by atoms with Crippen LogP contribution in [0.15, 0.2) is 66.7 Å². The first-order chi connectivity index (χ1) is 13.6. The van der Waals surface area contributed by atoms with Crippen molar-refractivity contribution in [3.63, 3.8) is 0 Å². The van der Waals surface area contributed by atoms with Crippen LogP contribution in [0.4, 0.5) is 8.78 Å². The van der Waals surface area contributed by atoms with Crippen molar-refractivity contribution in [3.8, 4) is 11.5 Å². The monoisotopic (exact) mass is 383 g/mol. The number of methoxy groups -OCH3 is 1. The summed E-state index contributed by atoms with van der Waals surface area (Å²) in [5.41, 5.74) is 1.86. The summed E-state index contributed by atoms with van der Waals surface area (Å²) in [5, 5.41) is 2.67. The van der Waals surface area contributed by atoms with Gasteiger partial charge in [-0.05, 0) is 41.5 Å².